The summed E-state index contributed by atoms with van der Waals surface area (Å²) in [5, 5.41) is 2.80. The number of fused-ring (bicyclic) bond motifs is 2. The standard InChI is InChI=1S/C18H22ClNO3.C16H18ClNO3/c1-3-6-13(7-4-2)23-17(21)12-22-16-10-9-15(19)14-8-5-11-20-18(14)16;1-11(2)7-9-20-15(19)10-21-14-6-5-13(17)12-4-3-8-18-16(12)14/h5,8-11,13H,3-4,6-7,12H2,1-2H3;3-6,8,11H,7,9-10H2,1-2H3. The summed E-state index contributed by atoms with van der Waals surface area (Å²) in [6.45, 7) is 8.48. The average Bonchev–Trinajstić information content (AvgIpc) is 3.01. The Bertz CT molecular complexity index is 1510. The van der Waals surface area contributed by atoms with Crippen LogP contribution in [0.4, 0.5) is 0 Å². The number of hydrogen-bond donors (Lipinski definition) is 0. The van der Waals surface area contributed by atoms with Crippen LogP contribution < -0.4 is 9.47 Å². The van der Waals surface area contributed by atoms with Gasteiger partial charge in [-0.05, 0) is 73.7 Å². The molecule has 0 saturated carbocycles. The van der Waals surface area contributed by atoms with Crippen molar-refractivity contribution in [3.63, 3.8) is 0 Å². The molecule has 10 heteroatoms. The number of esters is 2. The van der Waals surface area contributed by atoms with Crippen LogP contribution in [0.3, 0.4) is 0 Å². The van der Waals surface area contributed by atoms with Gasteiger partial charge in [0.15, 0.2) is 13.2 Å². The van der Waals surface area contributed by atoms with Gasteiger partial charge in [-0.25, -0.2) is 9.59 Å². The Balaban J connectivity index is 0.000000241. The maximum atomic E-state index is 12.0. The smallest absolute Gasteiger partial charge is 0.344 e. The Hall–Kier alpha value is -3.62. The van der Waals surface area contributed by atoms with E-state index in [-0.39, 0.29) is 31.3 Å². The van der Waals surface area contributed by atoms with E-state index >= 15 is 0 Å². The fourth-order valence-electron chi connectivity index (χ4n) is 4.31. The highest BCUT2D eigenvalue weighted by Gasteiger charge is 2.15. The lowest BCUT2D eigenvalue weighted by Crippen LogP contribution is -2.22. The van der Waals surface area contributed by atoms with Crippen LogP contribution in [0.2, 0.25) is 10.0 Å². The molecule has 0 aliphatic heterocycles. The lowest BCUT2D eigenvalue weighted by Gasteiger charge is -2.17. The molecular weight excluding hydrogens is 603 g/mol. The van der Waals surface area contributed by atoms with Crippen molar-refractivity contribution in [1.82, 2.24) is 9.97 Å². The number of aromatic nitrogens is 2. The van der Waals surface area contributed by atoms with E-state index in [4.69, 9.17) is 42.1 Å². The first-order valence-corrected chi connectivity index (χ1v) is 15.7. The molecule has 0 aliphatic rings. The van der Waals surface area contributed by atoms with Gasteiger partial charge in [-0.15, -0.1) is 0 Å². The summed E-state index contributed by atoms with van der Waals surface area (Å²) < 4.78 is 21.7. The molecule has 0 fully saturated rings. The zero-order valence-corrected chi connectivity index (χ0v) is 27.2. The van der Waals surface area contributed by atoms with Crippen molar-refractivity contribution in [3.8, 4) is 11.5 Å². The SMILES string of the molecule is CC(C)CCOC(=O)COc1ccc(Cl)c2cccnc12.CCCC(CCC)OC(=O)COc1ccc(Cl)c2cccnc12. The lowest BCUT2D eigenvalue weighted by atomic mass is 10.1. The van der Waals surface area contributed by atoms with Crippen LogP contribution >= 0.6 is 23.2 Å². The number of halogens is 2. The highest BCUT2D eigenvalue weighted by molar-refractivity contribution is 6.36. The number of ether oxygens (including phenoxy) is 4. The van der Waals surface area contributed by atoms with E-state index in [0.29, 0.717) is 45.1 Å². The second-order valence-corrected chi connectivity index (χ2v) is 11.4. The number of carbonyl (C=O) groups is 2. The minimum absolute atomic E-state index is 0.0267. The number of pyridine rings is 2. The zero-order valence-electron chi connectivity index (χ0n) is 25.7. The summed E-state index contributed by atoms with van der Waals surface area (Å²) in [5.41, 5.74) is 1.28. The maximum absolute atomic E-state index is 12.0. The van der Waals surface area contributed by atoms with E-state index in [2.05, 4.69) is 37.7 Å². The second kappa shape index (κ2) is 18.2. The van der Waals surface area contributed by atoms with E-state index in [1.165, 1.54) is 0 Å². The summed E-state index contributed by atoms with van der Waals surface area (Å²) >= 11 is 12.2. The fourth-order valence-corrected chi connectivity index (χ4v) is 4.74. The van der Waals surface area contributed by atoms with Crippen molar-refractivity contribution in [2.45, 2.75) is 65.9 Å². The second-order valence-electron chi connectivity index (χ2n) is 10.6. The van der Waals surface area contributed by atoms with Crippen LogP contribution in [-0.2, 0) is 19.1 Å². The van der Waals surface area contributed by atoms with E-state index in [1.807, 2.05) is 18.2 Å². The molecule has 0 atom stereocenters. The molecule has 0 amide bonds. The van der Waals surface area contributed by atoms with Gasteiger partial charge in [0.25, 0.3) is 0 Å². The molecule has 2 aromatic carbocycles. The van der Waals surface area contributed by atoms with Gasteiger partial charge in [0.2, 0.25) is 0 Å². The first kappa shape index (κ1) is 34.9. The normalized spacial score (nSPS) is 10.9. The Kier molecular flexibility index (Phi) is 14.5. The van der Waals surface area contributed by atoms with Gasteiger partial charge >= 0.3 is 11.9 Å². The maximum Gasteiger partial charge on any atom is 0.344 e. The quantitative estimate of drug-likeness (QED) is 0.126. The third-order valence-electron chi connectivity index (χ3n) is 6.53. The predicted octanol–water partition coefficient (Wildman–Crippen LogP) is 8.64. The average molecular weight is 644 g/mol. The summed E-state index contributed by atoms with van der Waals surface area (Å²) in [5.74, 6) is 0.828. The molecule has 0 unspecified atom stereocenters. The minimum Gasteiger partial charge on any atom is -0.480 e. The third-order valence-corrected chi connectivity index (χ3v) is 7.19. The van der Waals surface area contributed by atoms with Gasteiger partial charge in [-0.3, -0.25) is 9.97 Å². The first-order valence-electron chi connectivity index (χ1n) is 14.9. The number of nitrogens with zero attached hydrogens (tertiary/aromatic N) is 2. The summed E-state index contributed by atoms with van der Waals surface area (Å²) in [4.78, 5) is 32.1. The lowest BCUT2D eigenvalue weighted by molar-refractivity contribution is -0.152. The van der Waals surface area contributed by atoms with Gasteiger partial charge in [-0.2, -0.15) is 0 Å². The van der Waals surface area contributed by atoms with Gasteiger partial charge in [0.1, 0.15) is 28.6 Å². The Morgan fingerprint density at radius 3 is 1.70 bits per heavy atom. The largest absolute Gasteiger partial charge is 0.480 e. The van der Waals surface area contributed by atoms with Crippen molar-refractivity contribution in [1.29, 1.82) is 0 Å². The molecule has 0 N–H and O–H groups in total. The molecule has 0 radical (unpaired) electrons. The number of hydrogen-bond acceptors (Lipinski definition) is 8. The fraction of sp³-hybridized carbons (Fsp3) is 0.412. The van der Waals surface area contributed by atoms with E-state index in [0.717, 1.165) is 42.9 Å². The molecule has 236 valence electrons. The van der Waals surface area contributed by atoms with Crippen molar-refractivity contribution < 1.29 is 28.5 Å². The van der Waals surface area contributed by atoms with Gasteiger partial charge < -0.3 is 18.9 Å². The number of rotatable bonds is 14. The molecule has 0 bridgehead atoms. The van der Waals surface area contributed by atoms with E-state index in [1.54, 1.807) is 42.7 Å². The predicted molar refractivity (Wildman–Crippen MR) is 175 cm³/mol. The van der Waals surface area contributed by atoms with Crippen LogP contribution in [0.25, 0.3) is 21.8 Å². The molecule has 8 nitrogen and oxygen atoms in total. The van der Waals surface area contributed by atoms with Gasteiger partial charge in [0, 0.05) is 23.2 Å². The molecule has 2 aromatic heterocycles. The van der Waals surface area contributed by atoms with Crippen LogP contribution in [-0.4, -0.2) is 47.8 Å². The molecular formula is C34H40Cl2N2O6. The summed E-state index contributed by atoms with van der Waals surface area (Å²) in [6, 6.07) is 14.2. The molecule has 0 aliphatic carbocycles. The molecule has 44 heavy (non-hydrogen) atoms. The highest BCUT2D eigenvalue weighted by Crippen LogP contribution is 2.30. The topological polar surface area (TPSA) is 96.8 Å². The van der Waals surface area contributed by atoms with Crippen LogP contribution in [0, 0.1) is 5.92 Å². The number of carbonyl (C=O) groups excluding carboxylic acids is 2. The minimum atomic E-state index is -0.380. The Labute approximate surface area is 269 Å². The van der Waals surface area contributed by atoms with Crippen molar-refractivity contribution in [2.24, 2.45) is 5.92 Å². The van der Waals surface area contributed by atoms with Crippen molar-refractivity contribution in [2.75, 3.05) is 19.8 Å². The Morgan fingerprint density at radius 2 is 1.23 bits per heavy atom. The summed E-state index contributed by atoms with van der Waals surface area (Å²) in [7, 11) is 0. The molecule has 4 rings (SSSR count). The van der Waals surface area contributed by atoms with Gasteiger partial charge in [0.05, 0.1) is 16.7 Å². The third kappa shape index (κ3) is 10.8. The van der Waals surface area contributed by atoms with E-state index in [9.17, 15) is 9.59 Å². The molecule has 2 heterocycles. The first-order chi connectivity index (χ1) is 21.2. The summed E-state index contributed by atoms with van der Waals surface area (Å²) in [6.07, 6.45) is 7.89. The molecule has 4 aromatic rings. The number of benzene rings is 2. The van der Waals surface area contributed by atoms with Gasteiger partial charge in [-0.1, -0.05) is 63.7 Å². The van der Waals surface area contributed by atoms with Crippen LogP contribution in [0.5, 0.6) is 11.5 Å². The zero-order chi connectivity index (χ0) is 31.9. The molecule has 0 spiro atoms. The molecule has 0 saturated heterocycles. The van der Waals surface area contributed by atoms with Crippen molar-refractivity contribution >= 4 is 56.9 Å². The van der Waals surface area contributed by atoms with Crippen LogP contribution in [0.15, 0.2) is 60.9 Å². The van der Waals surface area contributed by atoms with Crippen LogP contribution in [0.1, 0.15) is 59.8 Å². The van der Waals surface area contributed by atoms with Crippen molar-refractivity contribution in [3.05, 3.63) is 71.0 Å². The van der Waals surface area contributed by atoms with E-state index < -0.39 is 0 Å². The Morgan fingerprint density at radius 1 is 0.727 bits per heavy atom. The highest BCUT2D eigenvalue weighted by atomic mass is 35.5. The monoisotopic (exact) mass is 642 g/mol.